The highest BCUT2D eigenvalue weighted by Gasteiger charge is 2.32. The number of hydrogen-bond acceptors (Lipinski definition) is 7. The zero-order valence-electron chi connectivity index (χ0n) is 22.3. The van der Waals surface area contributed by atoms with Crippen LogP contribution < -0.4 is 14.5 Å². The predicted octanol–water partition coefficient (Wildman–Crippen LogP) is 6.28. The second-order valence-corrected chi connectivity index (χ2v) is 13.5. The van der Waals surface area contributed by atoms with Crippen LogP contribution in [0, 0.1) is 18.3 Å². The first kappa shape index (κ1) is 26.4. The highest BCUT2D eigenvalue weighted by Crippen LogP contribution is 2.42. The number of ether oxygens (including phenoxy) is 1. The minimum atomic E-state index is -4.05. The third-order valence-corrected chi connectivity index (χ3v) is 9.57. The van der Waals surface area contributed by atoms with Gasteiger partial charge in [0.15, 0.2) is 11.5 Å². The van der Waals surface area contributed by atoms with Gasteiger partial charge in [-0.1, -0.05) is 38.5 Å². The smallest absolute Gasteiger partial charge is 0.339 e. The molecule has 0 bridgehead atoms. The third kappa shape index (κ3) is 5.09. The lowest BCUT2D eigenvalue weighted by molar-refractivity contribution is 0.218. The standard InChI is InChI=1S/C29H32N2O5S2/c1-6-35-23-15-18(9-14-22(23)36-38(33,34)20-11-7-17(2)8-12-20)26-30-27(32)25-21-13-10-19(29(3,4)5)16-24(21)37-28(25)31-26/h7-9,11-12,14-15,19H,6,10,13,16H2,1-5H3,(H,30,31,32)/t19-/m0/s1. The molecule has 4 aromatic rings. The number of aromatic amines is 1. The molecule has 9 heteroatoms. The summed E-state index contributed by atoms with van der Waals surface area (Å²) >= 11 is 1.60. The lowest BCUT2D eigenvalue weighted by atomic mass is 9.72. The molecule has 1 N–H and O–H groups in total. The molecule has 2 aromatic heterocycles. The predicted molar refractivity (Wildman–Crippen MR) is 151 cm³/mol. The Morgan fingerprint density at radius 3 is 2.53 bits per heavy atom. The van der Waals surface area contributed by atoms with E-state index in [1.165, 1.54) is 23.1 Å². The molecular formula is C29H32N2O5S2. The van der Waals surface area contributed by atoms with Crippen molar-refractivity contribution in [1.82, 2.24) is 9.97 Å². The van der Waals surface area contributed by atoms with E-state index in [0.29, 0.717) is 29.3 Å². The molecule has 0 radical (unpaired) electrons. The minimum Gasteiger partial charge on any atom is -0.490 e. The van der Waals surface area contributed by atoms with Gasteiger partial charge in [-0.05, 0) is 80.3 Å². The number of hydrogen-bond donors (Lipinski definition) is 1. The van der Waals surface area contributed by atoms with E-state index in [9.17, 15) is 13.2 Å². The number of aromatic nitrogens is 2. The summed E-state index contributed by atoms with van der Waals surface area (Å²) in [6.07, 6.45) is 2.91. The molecule has 0 saturated carbocycles. The van der Waals surface area contributed by atoms with E-state index in [1.54, 1.807) is 42.5 Å². The van der Waals surface area contributed by atoms with Crippen LogP contribution in [0.1, 0.15) is 50.1 Å². The number of nitrogens with zero attached hydrogens (tertiary/aromatic N) is 1. The number of aryl methyl sites for hydroxylation is 2. The first-order valence-corrected chi connectivity index (χ1v) is 15.0. The van der Waals surface area contributed by atoms with Crippen LogP contribution in [0.3, 0.4) is 0 Å². The van der Waals surface area contributed by atoms with Crippen molar-refractivity contribution < 1.29 is 17.3 Å². The largest absolute Gasteiger partial charge is 0.490 e. The molecule has 1 aliphatic carbocycles. The topological polar surface area (TPSA) is 98.3 Å². The monoisotopic (exact) mass is 552 g/mol. The first-order valence-electron chi connectivity index (χ1n) is 12.8. The quantitative estimate of drug-likeness (QED) is 0.283. The highest BCUT2D eigenvalue weighted by molar-refractivity contribution is 7.87. The molecule has 5 rings (SSSR count). The summed E-state index contributed by atoms with van der Waals surface area (Å²) in [5, 5.41) is 0.690. The zero-order chi connectivity index (χ0) is 27.2. The molecule has 7 nitrogen and oxygen atoms in total. The maximum Gasteiger partial charge on any atom is 0.339 e. The molecule has 0 aliphatic heterocycles. The second kappa shape index (κ2) is 9.85. The van der Waals surface area contributed by atoms with Gasteiger partial charge in [-0.3, -0.25) is 4.79 Å². The van der Waals surface area contributed by atoms with Crippen LogP contribution in [0.15, 0.2) is 52.2 Å². The Bertz CT molecular complexity index is 1660. The maximum absolute atomic E-state index is 13.2. The minimum absolute atomic E-state index is 0.0569. The van der Waals surface area contributed by atoms with Crippen molar-refractivity contribution >= 4 is 31.7 Å². The molecule has 2 heterocycles. The van der Waals surface area contributed by atoms with Crippen LogP contribution in [0.2, 0.25) is 0 Å². The first-order chi connectivity index (χ1) is 18.0. The Kier molecular flexibility index (Phi) is 6.86. The summed E-state index contributed by atoms with van der Waals surface area (Å²) in [4.78, 5) is 23.0. The fourth-order valence-corrected chi connectivity index (χ4v) is 7.16. The van der Waals surface area contributed by atoms with Gasteiger partial charge in [0.2, 0.25) is 0 Å². The van der Waals surface area contributed by atoms with E-state index in [2.05, 4.69) is 25.8 Å². The number of rotatable bonds is 6. The summed E-state index contributed by atoms with van der Waals surface area (Å²) in [6.45, 7) is 10.8. The average Bonchev–Trinajstić information content (AvgIpc) is 3.23. The number of thiophene rings is 1. The van der Waals surface area contributed by atoms with E-state index < -0.39 is 10.1 Å². The van der Waals surface area contributed by atoms with Gasteiger partial charge in [0.1, 0.15) is 15.6 Å². The van der Waals surface area contributed by atoms with Gasteiger partial charge in [0.25, 0.3) is 5.56 Å². The van der Waals surface area contributed by atoms with Crippen molar-refractivity contribution in [3.8, 4) is 22.9 Å². The molecule has 0 fully saturated rings. The summed E-state index contributed by atoms with van der Waals surface area (Å²) in [6, 6.07) is 11.3. The van der Waals surface area contributed by atoms with Crippen molar-refractivity contribution in [1.29, 1.82) is 0 Å². The fourth-order valence-electron chi connectivity index (χ4n) is 4.92. The van der Waals surface area contributed by atoms with Gasteiger partial charge in [0.05, 0.1) is 12.0 Å². The third-order valence-electron chi connectivity index (χ3n) is 7.17. The highest BCUT2D eigenvalue weighted by atomic mass is 32.2. The van der Waals surface area contributed by atoms with Crippen molar-refractivity contribution in [2.75, 3.05) is 6.61 Å². The number of nitrogens with one attached hydrogen (secondary N) is 1. The van der Waals surface area contributed by atoms with Crippen molar-refractivity contribution in [2.45, 2.75) is 58.8 Å². The van der Waals surface area contributed by atoms with Gasteiger partial charge in [-0.2, -0.15) is 8.42 Å². The lowest BCUT2D eigenvalue weighted by Crippen LogP contribution is -2.26. The molecule has 200 valence electrons. The Balaban J connectivity index is 1.50. The molecule has 2 aromatic carbocycles. The van der Waals surface area contributed by atoms with Gasteiger partial charge < -0.3 is 13.9 Å². The van der Waals surface area contributed by atoms with E-state index in [4.69, 9.17) is 13.9 Å². The van der Waals surface area contributed by atoms with Gasteiger partial charge in [-0.15, -0.1) is 11.3 Å². The zero-order valence-corrected chi connectivity index (χ0v) is 23.9. The molecule has 1 atom stereocenters. The number of benzene rings is 2. The van der Waals surface area contributed by atoms with Crippen molar-refractivity contribution in [2.24, 2.45) is 11.3 Å². The number of H-pyrrole nitrogens is 1. The summed E-state index contributed by atoms with van der Waals surface area (Å²) < 4.78 is 36.9. The van der Waals surface area contributed by atoms with E-state index in [1.807, 2.05) is 6.92 Å². The molecule has 0 spiro atoms. The fraction of sp³-hybridized carbons (Fsp3) is 0.379. The van der Waals surface area contributed by atoms with Crippen molar-refractivity contribution in [3.05, 3.63) is 68.8 Å². The number of fused-ring (bicyclic) bond motifs is 3. The van der Waals surface area contributed by atoms with Crippen LogP contribution in [-0.2, 0) is 23.0 Å². The molecular weight excluding hydrogens is 520 g/mol. The Labute approximate surface area is 227 Å². The van der Waals surface area contributed by atoms with Crippen LogP contribution in [0.25, 0.3) is 21.6 Å². The maximum atomic E-state index is 13.2. The van der Waals surface area contributed by atoms with Crippen LogP contribution >= 0.6 is 11.3 Å². The van der Waals surface area contributed by atoms with E-state index in [-0.39, 0.29) is 27.4 Å². The van der Waals surface area contributed by atoms with Crippen molar-refractivity contribution in [3.63, 3.8) is 0 Å². The van der Waals surface area contributed by atoms with Gasteiger partial charge in [0, 0.05) is 10.4 Å². The Hall–Kier alpha value is -3.17. The molecule has 1 aliphatic rings. The lowest BCUT2D eigenvalue weighted by Gasteiger charge is -2.33. The molecule has 0 amide bonds. The normalized spacial score (nSPS) is 15.9. The van der Waals surface area contributed by atoms with Crippen LogP contribution in [0.4, 0.5) is 0 Å². The second-order valence-electron chi connectivity index (χ2n) is 10.8. The molecule has 0 unspecified atom stereocenters. The Morgan fingerprint density at radius 1 is 1.11 bits per heavy atom. The van der Waals surface area contributed by atoms with Gasteiger partial charge in [-0.25, -0.2) is 4.98 Å². The van der Waals surface area contributed by atoms with Crippen LogP contribution in [-0.4, -0.2) is 25.0 Å². The summed E-state index contributed by atoms with van der Waals surface area (Å²) in [7, 11) is -4.05. The summed E-state index contributed by atoms with van der Waals surface area (Å²) in [5.74, 6) is 1.29. The molecule has 38 heavy (non-hydrogen) atoms. The van der Waals surface area contributed by atoms with Gasteiger partial charge >= 0.3 is 10.1 Å². The SMILES string of the molecule is CCOc1cc(-c2nc3sc4c(c3c(=O)[nH]2)CC[C@H](C(C)(C)C)C4)ccc1OS(=O)(=O)c1ccc(C)cc1. The Morgan fingerprint density at radius 2 is 1.84 bits per heavy atom. The van der Waals surface area contributed by atoms with Crippen LogP contribution in [0.5, 0.6) is 11.5 Å². The molecule has 0 saturated heterocycles. The van der Waals surface area contributed by atoms with E-state index in [0.717, 1.165) is 35.2 Å². The summed E-state index contributed by atoms with van der Waals surface area (Å²) in [5.41, 5.74) is 2.74. The van der Waals surface area contributed by atoms with E-state index >= 15 is 0 Å². The average molecular weight is 553 g/mol.